The molecule has 78 valence electrons. The highest BCUT2D eigenvalue weighted by Gasteiger charge is 2.19. The van der Waals surface area contributed by atoms with E-state index in [-0.39, 0.29) is 5.91 Å². The number of aromatic nitrogens is 1. The van der Waals surface area contributed by atoms with Crippen molar-refractivity contribution >= 4 is 23.5 Å². The number of carbonyl (C=O) groups excluding carboxylic acids is 1. The molecule has 1 aromatic heterocycles. The summed E-state index contributed by atoms with van der Waals surface area (Å²) in [5.74, 6) is 0.536. The molecule has 1 aliphatic rings. The molecular formula is C12H8N2OS. The van der Waals surface area contributed by atoms with Crippen LogP contribution in [0.2, 0.25) is 0 Å². The molecule has 1 amide bonds. The van der Waals surface area contributed by atoms with Crippen LogP contribution in [0.4, 0.5) is 5.82 Å². The van der Waals surface area contributed by atoms with E-state index in [0.717, 1.165) is 9.79 Å². The third kappa shape index (κ3) is 1.47. The third-order valence-electron chi connectivity index (χ3n) is 2.35. The molecule has 4 heteroatoms. The summed E-state index contributed by atoms with van der Waals surface area (Å²) >= 11 is 1.56. The number of rotatable bonds is 0. The molecule has 1 aliphatic heterocycles. The number of fused-ring (bicyclic) bond motifs is 2. The van der Waals surface area contributed by atoms with Crippen molar-refractivity contribution in [3.63, 3.8) is 0 Å². The number of hydrogen-bond donors (Lipinski definition) is 1. The van der Waals surface area contributed by atoms with Gasteiger partial charge in [0.25, 0.3) is 5.91 Å². The van der Waals surface area contributed by atoms with Gasteiger partial charge in [-0.05, 0) is 24.3 Å². The van der Waals surface area contributed by atoms with Crippen LogP contribution in [0, 0.1) is 0 Å². The molecule has 0 saturated heterocycles. The van der Waals surface area contributed by atoms with Crippen molar-refractivity contribution in [1.29, 1.82) is 0 Å². The molecule has 0 aliphatic carbocycles. The lowest BCUT2D eigenvalue weighted by molar-refractivity contribution is 0.102. The summed E-state index contributed by atoms with van der Waals surface area (Å²) in [7, 11) is 0. The average molecular weight is 228 g/mol. The van der Waals surface area contributed by atoms with Gasteiger partial charge in [0.05, 0.1) is 10.5 Å². The predicted octanol–water partition coefficient (Wildman–Crippen LogP) is 2.80. The number of nitrogens with zero attached hydrogens (tertiary/aromatic N) is 1. The van der Waals surface area contributed by atoms with E-state index in [1.54, 1.807) is 18.0 Å². The first-order valence-corrected chi connectivity index (χ1v) is 5.69. The zero-order valence-corrected chi connectivity index (χ0v) is 9.12. The van der Waals surface area contributed by atoms with Crippen molar-refractivity contribution in [2.24, 2.45) is 0 Å². The molecule has 2 aromatic rings. The number of carbonyl (C=O) groups is 1. The Morgan fingerprint density at radius 3 is 2.81 bits per heavy atom. The lowest BCUT2D eigenvalue weighted by Crippen LogP contribution is -2.12. The van der Waals surface area contributed by atoms with Gasteiger partial charge in [-0.1, -0.05) is 23.9 Å². The fourth-order valence-corrected chi connectivity index (χ4v) is 2.60. The highest BCUT2D eigenvalue weighted by molar-refractivity contribution is 7.99. The number of amides is 1. The van der Waals surface area contributed by atoms with E-state index in [2.05, 4.69) is 10.3 Å². The van der Waals surface area contributed by atoms with Crippen LogP contribution in [0.15, 0.2) is 52.4 Å². The molecule has 3 rings (SSSR count). The Hall–Kier alpha value is -1.81. The van der Waals surface area contributed by atoms with Crippen molar-refractivity contribution in [3.05, 3.63) is 48.2 Å². The highest BCUT2D eigenvalue weighted by atomic mass is 32.2. The molecule has 1 aromatic carbocycles. The Kier molecular flexibility index (Phi) is 2.15. The Balaban J connectivity index is 2.18. The van der Waals surface area contributed by atoms with Crippen LogP contribution < -0.4 is 5.32 Å². The molecule has 0 unspecified atom stereocenters. The Labute approximate surface area is 96.9 Å². The lowest BCUT2D eigenvalue weighted by atomic mass is 10.2. The molecule has 1 N–H and O–H groups in total. The molecule has 0 atom stereocenters. The van der Waals surface area contributed by atoms with E-state index in [9.17, 15) is 4.79 Å². The van der Waals surface area contributed by atoms with E-state index in [4.69, 9.17) is 0 Å². The molecule has 0 radical (unpaired) electrons. The molecule has 0 bridgehead atoms. The first kappa shape index (κ1) is 9.42. The summed E-state index contributed by atoms with van der Waals surface area (Å²) in [6, 6.07) is 11.4. The van der Waals surface area contributed by atoms with E-state index in [0.29, 0.717) is 11.4 Å². The van der Waals surface area contributed by atoms with E-state index < -0.39 is 0 Å². The molecular weight excluding hydrogens is 220 g/mol. The standard InChI is InChI=1S/C12H8N2OS/c15-12-8-4-1-2-5-9(8)16-10-6-3-7-13-11(10)14-12/h1-7H,(H,13,14,15). The van der Waals surface area contributed by atoms with Crippen LogP contribution in [-0.4, -0.2) is 10.9 Å². The molecule has 0 spiro atoms. The fraction of sp³-hybridized carbons (Fsp3) is 0. The van der Waals surface area contributed by atoms with Crippen LogP contribution in [-0.2, 0) is 0 Å². The fourth-order valence-electron chi connectivity index (χ4n) is 1.60. The Bertz CT molecular complexity index is 568. The van der Waals surface area contributed by atoms with Crippen molar-refractivity contribution in [3.8, 4) is 0 Å². The summed E-state index contributed by atoms with van der Waals surface area (Å²) in [4.78, 5) is 18.0. The quantitative estimate of drug-likeness (QED) is 0.754. The monoisotopic (exact) mass is 228 g/mol. The van der Waals surface area contributed by atoms with Gasteiger partial charge in [0, 0.05) is 11.1 Å². The Morgan fingerprint density at radius 2 is 1.88 bits per heavy atom. The highest BCUT2D eigenvalue weighted by Crippen LogP contribution is 2.36. The normalized spacial score (nSPS) is 13.4. The van der Waals surface area contributed by atoms with Crippen LogP contribution in [0.5, 0.6) is 0 Å². The van der Waals surface area contributed by atoms with Gasteiger partial charge in [0.2, 0.25) is 0 Å². The third-order valence-corrected chi connectivity index (χ3v) is 3.48. The maximum Gasteiger partial charge on any atom is 0.257 e. The molecule has 16 heavy (non-hydrogen) atoms. The van der Waals surface area contributed by atoms with Crippen molar-refractivity contribution in [1.82, 2.24) is 4.98 Å². The first-order valence-electron chi connectivity index (χ1n) is 4.88. The molecule has 2 heterocycles. The van der Waals surface area contributed by atoms with Gasteiger partial charge in [-0.2, -0.15) is 0 Å². The van der Waals surface area contributed by atoms with Crippen molar-refractivity contribution < 1.29 is 4.79 Å². The molecule has 3 nitrogen and oxygen atoms in total. The van der Waals surface area contributed by atoms with Gasteiger partial charge in [-0.3, -0.25) is 4.79 Å². The smallest absolute Gasteiger partial charge is 0.257 e. The number of anilines is 1. The van der Waals surface area contributed by atoms with Crippen LogP contribution in [0.3, 0.4) is 0 Å². The summed E-state index contributed by atoms with van der Waals surface area (Å²) in [5.41, 5.74) is 0.700. The zero-order valence-electron chi connectivity index (χ0n) is 8.31. The second-order valence-corrected chi connectivity index (χ2v) is 4.49. The first-order chi connectivity index (χ1) is 7.84. The predicted molar refractivity (Wildman–Crippen MR) is 62.8 cm³/mol. The summed E-state index contributed by atoms with van der Waals surface area (Å²) in [6.07, 6.45) is 1.68. The summed E-state index contributed by atoms with van der Waals surface area (Å²) in [5, 5.41) is 2.81. The summed E-state index contributed by atoms with van der Waals surface area (Å²) < 4.78 is 0. The van der Waals surface area contributed by atoms with Gasteiger partial charge in [-0.25, -0.2) is 4.98 Å². The number of nitrogens with one attached hydrogen (secondary N) is 1. The minimum absolute atomic E-state index is 0.0967. The summed E-state index contributed by atoms with van der Waals surface area (Å²) in [6.45, 7) is 0. The minimum atomic E-state index is -0.0967. The average Bonchev–Trinajstić information content (AvgIpc) is 2.45. The maximum absolute atomic E-state index is 11.9. The number of pyridine rings is 1. The van der Waals surface area contributed by atoms with Gasteiger partial charge >= 0.3 is 0 Å². The van der Waals surface area contributed by atoms with E-state index in [1.807, 2.05) is 36.4 Å². The number of benzene rings is 1. The zero-order chi connectivity index (χ0) is 11.0. The van der Waals surface area contributed by atoms with Gasteiger partial charge in [-0.15, -0.1) is 0 Å². The van der Waals surface area contributed by atoms with Crippen LogP contribution >= 0.6 is 11.8 Å². The van der Waals surface area contributed by atoms with Gasteiger partial charge < -0.3 is 5.32 Å². The largest absolute Gasteiger partial charge is 0.306 e. The van der Waals surface area contributed by atoms with Gasteiger partial charge in [0.1, 0.15) is 5.82 Å². The van der Waals surface area contributed by atoms with Crippen LogP contribution in [0.25, 0.3) is 0 Å². The van der Waals surface area contributed by atoms with Crippen molar-refractivity contribution in [2.75, 3.05) is 5.32 Å². The van der Waals surface area contributed by atoms with Gasteiger partial charge in [0.15, 0.2) is 0 Å². The molecule has 0 fully saturated rings. The number of hydrogen-bond acceptors (Lipinski definition) is 3. The second-order valence-electron chi connectivity index (χ2n) is 3.40. The van der Waals surface area contributed by atoms with Crippen LogP contribution in [0.1, 0.15) is 10.4 Å². The lowest BCUT2D eigenvalue weighted by Gasteiger charge is -2.02. The maximum atomic E-state index is 11.9. The van der Waals surface area contributed by atoms with E-state index >= 15 is 0 Å². The topological polar surface area (TPSA) is 42.0 Å². The minimum Gasteiger partial charge on any atom is -0.306 e. The van der Waals surface area contributed by atoms with Crippen molar-refractivity contribution in [2.45, 2.75) is 9.79 Å². The molecule has 0 saturated carbocycles. The Morgan fingerprint density at radius 1 is 1.06 bits per heavy atom. The SMILES string of the molecule is O=C1Nc2ncccc2Sc2ccccc21. The van der Waals surface area contributed by atoms with E-state index in [1.165, 1.54) is 0 Å². The second kappa shape index (κ2) is 3.64.